The number of hydrogen-bond acceptors (Lipinski definition) is 3. The molecule has 142 valence electrons. The number of carbonyl (C=O) groups is 1. The van der Waals surface area contributed by atoms with Crippen molar-refractivity contribution in [1.82, 2.24) is 5.32 Å². The average molecular weight is 372 g/mol. The molecule has 1 atom stereocenters. The first kappa shape index (κ1) is 21.2. The molecule has 1 aliphatic rings. The average Bonchev–Trinajstić information content (AvgIpc) is 2.45. The molecule has 0 spiro atoms. The molecule has 4 N–H and O–H groups in total. The molecule has 0 aliphatic heterocycles. The monoisotopic (exact) mass is 372 g/mol. The summed E-state index contributed by atoms with van der Waals surface area (Å²) in [5.74, 6) is -2.76. The summed E-state index contributed by atoms with van der Waals surface area (Å²) in [6, 6.07) is 5.85. The van der Waals surface area contributed by atoms with Gasteiger partial charge in [-0.15, -0.1) is 0 Å². The molecular formula is C15H18F6N2O2. The van der Waals surface area contributed by atoms with E-state index in [-0.39, 0.29) is 12.6 Å². The molecular weight excluding hydrogens is 354 g/mol. The number of nitrogens with two attached hydrogens (primary N) is 1. The number of halogens is 6. The molecule has 25 heavy (non-hydrogen) atoms. The molecule has 4 nitrogen and oxygen atoms in total. The van der Waals surface area contributed by atoms with Crippen molar-refractivity contribution in [3.05, 3.63) is 34.9 Å². The van der Waals surface area contributed by atoms with E-state index in [2.05, 4.69) is 5.32 Å². The number of carboxylic acids is 1. The van der Waals surface area contributed by atoms with Crippen molar-refractivity contribution in [3.63, 3.8) is 0 Å². The van der Waals surface area contributed by atoms with E-state index in [1.54, 1.807) is 0 Å². The van der Waals surface area contributed by atoms with E-state index in [0.29, 0.717) is 0 Å². The highest BCUT2D eigenvalue weighted by Crippen LogP contribution is 2.28. The summed E-state index contributed by atoms with van der Waals surface area (Å²) in [5.41, 5.74) is 9.19. The Morgan fingerprint density at radius 1 is 1.24 bits per heavy atom. The van der Waals surface area contributed by atoms with Gasteiger partial charge in [-0.2, -0.15) is 26.3 Å². The first-order valence-corrected chi connectivity index (χ1v) is 7.35. The predicted octanol–water partition coefficient (Wildman–Crippen LogP) is 3.31. The molecule has 0 aromatic heterocycles. The van der Waals surface area contributed by atoms with Crippen LogP contribution in [0.5, 0.6) is 0 Å². The van der Waals surface area contributed by atoms with E-state index in [1.807, 2.05) is 18.2 Å². The van der Waals surface area contributed by atoms with Crippen molar-refractivity contribution in [2.24, 2.45) is 5.73 Å². The summed E-state index contributed by atoms with van der Waals surface area (Å²) in [4.78, 5) is 8.90. The third-order valence-corrected chi connectivity index (χ3v) is 3.47. The van der Waals surface area contributed by atoms with Crippen LogP contribution in [-0.2, 0) is 17.8 Å². The van der Waals surface area contributed by atoms with E-state index in [1.165, 1.54) is 5.56 Å². The maximum absolute atomic E-state index is 12.0. The molecule has 0 saturated heterocycles. The van der Waals surface area contributed by atoms with E-state index in [4.69, 9.17) is 15.6 Å². The molecule has 0 unspecified atom stereocenters. The van der Waals surface area contributed by atoms with Crippen LogP contribution >= 0.6 is 0 Å². The van der Waals surface area contributed by atoms with Gasteiger partial charge in [0.25, 0.3) is 0 Å². The highest BCUT2D eigenvalue weighted by molar-refractivity contribution is 5.73. The van der Waals surface area contributed by atoms with Crippen molar-refractivity contribution in [2.75, 3.05) is 6.54 Å². The van der Waals surface area contributed by atoms with Crippen molar-refractivity contribution in [2.45, 2.75) is 44.2 Å². The first-order valence-electron chi connectivity index (χ1n) is 7.35. The zero-order valence-corrected chi connectivity index (χ0v) is 13.0. The zero-order chi connectivity index (χ0) is 19.3. The molecule has 10 heteroatoms. The van der Waals surface area contributed by atoms with Gasteiger partial charge < -0.3 is 16.2 Å². The maximum Gasteiger partial charge on any atom is 0.490 e. The Bertz CT molecular complexity index is 586. The quantitative estimate of drug-likeness (QED) is 0.712. The van der Waals surface area contributed by atoms with Gasteiger partial charge in [-0.3, -0.25) is 0 Å². The summed E-state index contributed by atoms with van der Waals surface area (Å²) in [7, 11) is 0. The van der Waals surface area contributed by atoms with Gasteiger partial charge in [0, 0.05) is 12.6 Å². The van der Waals surface area contributed by atoms with Gasteiger partial charge in [0.2, 0.25) is 0 Å². The minimum Gasteiger partial charge on any atom is -0.475 e. The summed E-state index contributed by atoms with van der Waals surface area (Å²) >= 11 is 0. The van der Waals surface area contributed by atoms with Crippen LogP contribution in [0.1, 0.15) is 35.6 Å². The fraction of sp³-hybridized carbons (Fsp3) is 0.533. The Kier molecular flexibility index (Phi) is 7.24. The molecule has 1 aromatic carbocycles. The Morgan fingerprint density at radius 2 is 1.84 bits per heavy atom. The van der Waals surface area contributed by atoms with Gasteiger partial charge in [0.05, 0.1) is 6.54 Å². The second kappa shape index (κ2) is 8.52. The summed E-state index contributed by atoms with van der Waals surface area (Å²) in [5, 5.41) is 9.53. The summed E-state index contributed by atoms with van der Waals surface area (Å²) < 4.78 is 67.7. The zero-order valence-electron chi connectivity index (χ0n) is 13.0. The molecule has 0 radical (unpaired) electrons. The molecule has 1 aromatic rings. The number of aliphatic carboxylic acids is 1. The van der Waals surface area contributed by atoms with Crippen LogP contribution in [0.3, 0.4) is 0 Å². The third-order valence-electron chi connectivity index (χ3n) is 3.47. The lowest BCUT2D eigenvalue weighted by molar-refractivity contribution is -0.192. The number of rotatable bonds is 3. The standard InChI is InChI=1S/C13H17F3N2.C2HF3O2/c14-13(15,16)8-18-7-9-4-5-11-10(6-9)2-1-3-12(11)17;3-2(4,5)1(6)7/h4-6,12,18H,1-3,7-8,17H2;(H,6,7)/t12-;/m1./s1. The minimum absolute atomic E-state index is 0.0749. The van der Waals surface area contributed by atoms with Gasteiger partial charge in [0.15, 0.2) is 0 Å². The van der Waals surface area contributed by atoms with Gasteiger partial charge in [-0.05, 0) is 36.0 Å². The van der Waals surface area contributed by atoms with Gasteiger partial charge in [-0.1, -0.05) is 18.2 Å². The van der Waals surface area contributed by atoms with Crippen molar-refractivity contribution >= 4 is 5.97 Å². The lowest BCUT2D eigenvalue weighted by atomic mass is 9.87. The van der Waals surface area contributed by atoms with Crippen LogP contribution in [0, 0.1) is 0 Å². The van der Waals surface area contributed by atoms with Crippen LogP contribution in [0.15, 0.2) is 18.2 Å². The van der Waals surface area contributed by atoms with Gasteiger partial charge in [-0.25, -0.2) is 4.79 Å². The molecule has 0 heterocycles. The molecule has 1 aliphatic carbocycles. The number of nitrogens with one attached hydrogen (secondary N) is 1. The Hall–Kier alpha value is -1.81. The van der Waals surface area contributed by atoms with Crippen LogP contribution in [0.25, 0.3) is 0 Å². The molecule has 2 rings (SSSR count). The van der Waals surface area contributed by atoms with E-state index in [9.17, 15) is 26.3 Å². The molecule has 0 bridgehead atoms. The summed E-state index contributed by atoms with van der Waals surface area (Å²) in [6.45, 7) is -0.717. The largest absolute Gasteiger partial charge is 0.490 e. The number of fused-ring (bicyclic) bond motifs is 1. The Labute approximate surface area is 140 Å². The lowest BCUT2D eigenvalue weighted by Crippen LogP contribution is -2.28. The van der Waals surface area contributed by atoms with E-state index >= 15 is 0 Å². The number of carboxylic acid groups (broad SMARTS) is 1. The molecule has 0 amide bonds. The van der Waals surface area contributed by atoms with Crippen LogP contribution in [0.2, 0.25) is 0 Å². The highest BCUT2D eigenvalue weighted by atomic mass is 19.4. The smallest absolute Gasteiger partial charge is 0.475 e. The normalized spacial score (nSPS) is 17.3. The second-order valence-electron chi connectivity index (χ2n) is 5.55. The first-order chi connectivity index (χ1) is 11.4. The van der Waals surface area contributed by atoms with E-state index < -0.39 is 24.9 Å². The highest BCUT2D eigenvalue weighted by Gasteiger charge is 2.38. The van der Waals surface area contributed by atoms with Crippen LogP contribution in [0.4, 0.5) is 26.3 Å². The molecule has 0 saturated carbocycles. The Balaban J connectivity index is 0.000000381. The van der Waals surface area contributed by atoms with Crippen molar-refractivity contribution in [1.29, 1.82) is 0 Å². The maximum atomic E-state index is 12.0. The number of benzene rings is 1. The number of alkyl halides is 6. The summed E-state index contributed by atoms with van der Waals surface area (Å²) in [6.07, 6.45) is -6.24. The Morgan fingerprint density at radius 3 is 2.36 bits per heavy atom. The van der Waals surface area contributed by atoms with Gasteiger partial charge in [0.1, 0.15) is 0 Å². The fourth-order valence-corrected chi connectivity index (χ4v) is 2.36. The minimum atomic E-state index is -5.08. The van der Waals surface area contributed by atoms with Gasteiger partial charge >= 0.3 is 18.3 Å². The second-order valence-corrected chi connectivity index (χ2v) is 5.55. The third kappa shape index (κ3) is 7.74. The molecule has 0 fully saturated rings. The van der Waals surface area contributed by atoms with Crippen molar-refractivity contribution in [3.8, 4) is 0 Å². The van der Waals surface area contributed by atoms with E-state index in [0.717, 1.165) is 30.4 Å². The van der Waals surface area contributed by atoms with Crippen molar-refractivity contribution < 1.29 is 36.2 Å². The fourth-order valence-electron chi connectivity index (χ4n) is 2.36. The lowest BCUT2D eigenvalue weighted by Gasteiger charge is -2.22. The number of hydrogen-bond donors (Lipinski definition) is 3. The van der Waals surface area contributed by atoms with Crippen LogP contribution < -0.4 is 11.1 Å². The number of aryl methyl sites for hydroxylation is 1. The predicted molar refractivity (Wildman–Crippen MR) is 77.8 cm³/mol. The topological polar surface area (TPSA) is 75.3 Å². The SMILES string of the molecule is N[C@@H]1CCCc2cc(CNCC(F)(F)F)ccc21.O=C(O)C(F)(F)F. The van der Waals surface area contributed by atoms with Crippen LogP contribution in [-0.4, -0.2) is 30.0 Å².